The largest absolute Gasteiger partial charge is 0.454 e. The summed E-state index contributed by atoms with van der Waals surface area (Å²) in [5.74, 6) is 0.334. The Morgan fingerprint density at radius 2 is 1.81 bits per heavy atom. The van der Waals surface area contributed by atoms with Crippen LogP contribution in [-0.4, -0.2) is 54.7 Å². The number of aryl methyl sites for hydroxylation is 1. The van der Waals surface area contributed by atoms with Crippen LogP contribution in [0.1, 0.15) is 27.7 Å². The molecular weight excluding hydrogens is 500 g/mol. The van der Waals surface area contributed by atoms with Crippen LogP contribution in [0, 0.1) is 13.8 Å². The third-order valence-corrected chi connectivity index (χ3v) is 8.26. The molecule has 0 radical (unpaired) electrons. The summed E-state index contributed by atoms with van der Waals surface area (Å²) >= 11 is 3.49. The number of benzene rings is 1. The molecule has 0 saturated carbocycles. The molecule has 0 bridgehead atoms. The fraction of sp³-hybridized carbons (Fsp3) is 0.333. The predicted octanol–water partition coefficient (Wildman–Crippen LogP) is 3.18. The van der Waals surface area contributed by atoms with E-state index < -0.39 is 15.9 Å². The van der Waals surface area contributed by atoms with Crippen molar-refractivity contribution in [2.75, 3.05) is 31.6 Å². The van der Waals surface area contributed by atoms with Crippen LogP contribution in [0.25, 0.3) is 0 Å². The van der Waals surface area contributed by atoms with E-state index in [4.69, 9.17) is 9.15 Å². The van der Waals surface area contributed by atoms with Crippen molar-refractivity contribution >= 4 is 37.5 Å². The maximum absolute atomic E-state index is 12.7. The van der Waals surface area contributed by atoms with Gasteiger partial charge in [-0.2, -0.15) is 9.40 Å². The van der Waals surface area contributed by atoms with Crippen LogP contribution in [0.5, 0.6) is 0 Å². The van der Waals surface area contributed by atoms with E-state index in [1.165, 1.54) is 16.4 Å². The summed E-state index contributed by atoms with van der Waals surface area (Å²) in [6, 6.07) is 9.41. The maximum atomic E-state index is 12.7. The molecule has 9 nitrogen and oxygen atoms in total. The third-order valence-electron chi connectivity index (χ3n) is 5.20. The number of sulfonamides is 1. The lowest BCUT2D eigenvalue weighted by Gasteiger charge is -2.26. The minimum Gasteiger partial charge on any atom is -0.454 e. The highest BCUT2D eigenvalue weighted by atomic mass is 79.9. The molecule has 1 aromatic carbocycles. The lowest BCUT2D eigenvalue weighted by Crippen LogP contribution is -2.40. The fourth-order valence-electron chi connectivity index (χ4n) is 3.40. The van der Waals surface area contributed by atoms with Crippen LogP contribution in [0.3, 0.4) is 0 Å². The first kappa shape index (κ1) is 22.7. The third kappa shape index (κ3) is 4.65. The number of carbonyl (C=O) groups excluding carboxylic acids is 1. The van der Waals surface area contributed by atoms with Crippen molar-refractivity contribution in [3.05, 3.63) is 63.8 Å². The number of morpholine rings is 1. The number of nitrogens with zero attached hydrogens (tertiary/aromatic N) is 3. The minimum absolute atomic E-state index is 0.158. The second kappa shape index (κ2) is 9.18. The molecule has 2 aromatic heterocycles. The highest BCUT2D eigenvalue weighted by molar-refractivity contribution is 9.10. The van der Waals surface area contributed by atoms with Crippen LogP contribution < -0.4 is 5.32 Å². The monoisotopic (exact) mass is 522 g/mol. The predicted molar refractivity (Wildman–Crippen MR) is 121 cm³/mol. The van der Waals surface area contributed by atoms with Gasteiger partial charge in [0.2, 0.25) is 10.0 Å². The number of halogens is 1. The first-order valence-electron chi connectivity index (χ1n) is 10.0. The first-order chi connectivity index (χ1) is 15.3. The normalized spacial score (nSPS) is 15.1. The van der Waals surface area contributed by atoms with Gasteiger partial charge in [0.25, 0.3) is 5.91 Å². The molecular formula is C21H23BrN4O5S. The van der Waals surface area contributed by atoms with Crippen LogP contribution in [0.15, 0.2) is 50.2 Å². The highest BCUT2D eigenvalue weighted by Gasteiger charge is 2.26. The number of anilines is 1. The molecule has 1 N–H and O–H groups in total. The van der Waals surface area contributed by atoms with Crippen molar-refractivity contribution < 1.29 is 22.4 Å². The number of furan rings is 1. The summed E-state index contributed by atoms with van der Waals surface area (Å²) < 4.78 is 40.4. The van der Waals surface area contributed by atoms with E-state index in [-0.39, 0.29) is 10.7 Å². The van der Waals surface area contributed by atoms with Crippen molar-refractivity contribution in [1.29, 1.82) is 0 Å². The summed E-state index contributed by atoms with van der Waals surface area (Å²) in [7, 11) is -3.58. The zero-order chi connectivity index (χ0) is 22.9. The molecule has 1 saturated heterocycles. The standard InChI is InChI=1S/C21H23BrN4O5S/c1-14-20(22)15(2)26(24-14)13-17-5-8-19(31-17)21(27)23-16-3-6-18(7-4-16)32(28,29)25-9-11-30-12-10-25/h3-8H,9-13H2,1-2H3,(H,23,27). The Bertz CT molecular complexity index is 1230. The van der Waals surface area contributed by atoms with Crippen molar-refractivity contribution in [3.63, 3.8) is 0 Å². The molecule has 0 atom stereocenters. The second-order valence-electron chi connectivity index (χ2n) is 7.40. The van der Waals surface area contributed by atoms with E-state index >= 15 is 0 Å². The van der Waals surface area contributed by atoms with Gasteiger partial charge in [0.15, 0.2) is 5.76 Å². The van der Waals surface area contributed by atoms with Gasteiger partial charge in [-0.05, 0) is 66.2 Å². The topological polar surface area (TPSA) is 107 Å². The van der Waals surface area contributed by atoms with Gasteiger partial charge in [0.05, 0.1) is 40.5 Å². The van der Waals surface area contributed by atoms with Gasteiger partial charge >= 0.3 is 0 Å². The average Bonchev–Trinajstić information content (AvgIpc) is 3.35. The summed E-state index contributed by atoms with van der Waals surface area (Å²) in [6.45, 7) is 5.69. The summed E-state index contributed by atoms with van der Waals surface area (Å²) in [5, 5.41) is 7.17. The molecule has 0 unspecified atom stereocenters. The molecule has 170 valence electrons. The molecule has 1 aliphatic heterocycles. The molecule has 11 heteroatoms. The molecule has 3 aromatic rings. The van der Waals surface area contributed by atoms with Crippen molar-refractivity contribution in [3.8, 4) is 0 Å². The first-order valence-corrected chi connectivity index (χ1v) is 12.3. The Balaban J connectivity index is 1.41. The number of hydrogen-bond acceptors (Lipinski definition) is 6. The van der Waals surface area contributed by atoms with Gasteiger partial charge in [0.1, 0.15) is 5.76 Å². The molecule has 1 fully saturated rings. The Hall–Kier alpha value is -2.47. The molecule has 0 spiro atoms. The Labute approximate surface area is 194 Å². The van der Waals surface area contributed by atoms with Crippen LogP contribution in [0.2, 0.25) is 0 Å². The van der Waals surface area contributed by atoms with Gasteiger partial charge < -0.3 is 14.5 Å². The molecule has 0 aliphatic carbocycles. The van der Waals surface area contributed by atoms with Crippen molar-refractivity contribution in [1.82, 2.24) is 14.1 Å². The summed E-state index contributed by atoms with van der Waals surface area (Å²) in [6.07, 6.45) is 0. The van der Waals surface area contributed by atoms with Crippen LogP contribution >= 0.6 is 15.9 Å². The van der Waals surface area contributed by atoms with Gasteiger partial charge in [-0.3, -0.25) is 9.48 Å². The van der Waals surface area contributed by atoms with Gasteiger partial charge in [0, 0.05) is 18.8 Å². The Kier molecular flexibility index (Phi) is 6.52. The summed E-state index contributed by atoms with van der Waals surface area (Å²) in [4.78, 5) is 12.7. The lowest BCUT2D eigenvalue weighted by molar-refractivity contribution is 0.0730. The maximum Gasteiger partial charge on any atom is 0.291 e. The van der Waals surface area contributed by atoms with Crippen molar-refractivity contribution in [2.45, 2.75) is 25.3 Å². The number of nitrogens with one attached hydrogen (secondary N) is 1. The molecule has 1 amide bonds. The second-order valence-corrected chi connectivity index (χ2v) is 10.1. The van der Waals surface area contributed by atoms with E-state index in [0.717, 1.165) is 15.9 Å². The Morgan fingerprint density at radius 3 is 2.44 bits per heavy atom. The van der Waals surface area contributed by atoms with E-state index in [1.54, 1.807) is 28.9 Å². The smallest absolute Gasteiger partial charge is 0.291 e. The van der Waals surface area contributed by atoms with E-state index in [2.05, 4.69) is 26.3 Å². The zero-order valence-corrected chi connectivity index (χ0v) is 20.1. The molecule has 1 aliphatic rings. The van der Waals surface area contributed by atoms with E-state index in [0.29, 0.717) is 44.3 Å². The number of ether oxygens (including phenoxy) is 1. The number of hydrogen-bond donors (Lipinski definition) is 1. The average molecular weight is 523 g/mol. The van der Waals surface area contributed by atoms with Gasteiger partial charge in [-0.15, -0.1) is 0 Å². The number of amides is 1. The molecule has 32 heavy (non-hydrogen) atoms. The highest BCUT2D eigenvalue weighted by Crippen LogP contribution is 2.22. The van der Waals surface area contributed by atoms with Crippen molar-refractivity contribution in [2.24, 2.45) is 0 Å². The number of carbonyl (C=O) groups is 1. The van der Waals surface area contributed by atoms with E-state index in [1.807, 2.05) is 13.8 Å². The number of rotatable bonds is 6. The quantitative estimate of drug-likeness (QED) is 0.532. The SMILES string of the molecule is Cc1nn(Cc2ccc(C(=O)Nc3ccc(S(=O)(=O)N4CCOCC4)cc3)o2)c(C)c1Br. The fourth-order valence-corrected chi connectivity index (χ4v) is 5.09. The Morgan fingerprint density at radius 1 is 1.12 bits per heavy atom. The number of aromatic nitrogens is 2. The van der Waals surface area contributed by atoms with Crippen LogP contribution in [0.4, 0.5) is 5.69 Å². The van der Waals surface area contributed by atoms with Gasteiger partial charge in [-0.1, -0.05) is 0 Å². The molecule has 4 rings (SSSR count). The summed E-state index contributed by atoms with van der Waals surface area (Å²) in [5.41, 5.74) is 2.32. The van der Waals surface area contributed by atoms with Crippen LogP contribution in [-0.2, 0) is 21.3 Å². The van der Waals surface area contributed by atoms with Gasteiger partial charge in [-0.25, -0.2) is 8.42 Å². The minimum atomic E-state index is -3.58. The molecule has 3 heterocycles. The van der Waals surface area contributed by atoms with E-state index in [9.17, 15) is 13.2 Å². The zero-order valence-electron chi connectivity index (χ0n) is 17.7. The lowest BCUT2D eigenvalue weighted by atomic mass is 10.3.